The highest BCUT2D eigenvalue weighted by Gasteiger charge is 2.42. The van der Waals surface area contributed by atoms with Gasteiger partial charge in [0.25, 0.3) is 5.91 Å². The van der Waals surface area contributed by atoms with Crippen molar-refractivity contribution in [3.8, 4) is 0 Å². The molecule has 5 rings (SSSR count). The zero-order valence-electron chi connectivity index (χ0n) is 20.7. The van der Waals surface area contributed by atoms with Crippen molar-refractivity contribution in [1.29, 1.82) is 0 Å². The quantitative estimate of drug-likeness (QED) is 0.434. The van der Waals surface area contributed by atoms with Crippen LogP contribution in [0, 0.1) is 19.3 Å². The van der Waals surface area contributed by atoms with Crippen LogP contribution in [0.4, 0.5) is 11.5 Å². The SMILES string of the molecule is CSc1ccc([C@@H]2C3=C(CC(C)(C)CC3=O)Nc3c(C(=O)Nc4ccc(C)c(C)c4)cnn32)cc1. The van der Waals surface area contributed by atoms with Crippen LogP contribution in [0.15, 0.2) is 64.8 Å². The molecule has 1 amide bonds. The van der Waals surface area contributed by atoms with Crippen LogP contribution >= 0.6 is 11.8 Å². The summed E-state index contributed by atoms with van der Waals surface area (Å²) >= 11 is 1.68. The van der Waals surface area contributed by atoms with Crippen LogP contribution in [0.3, 0.4) is 0 Å². The molecule has 1 aliphatic heterocycles. The molecule has 2 N–H and O–H groups in total. The van der Waals surface area contributed by atoms with Crippen molar-refractivity contribution in [3.63, 3.8) is 0 Å². The molecule has 2 aromatic carbocycles. The van der Waals surface area contributed by atoms with Crippen LogP contribution in [-0.4, -0.2) is 27.7 Å². The Labute approximate surface area is 210 Å². The second-order valence-electron chi connectivity index (χ2n) is 10.2. The minimum Gasteiger partial charge on any atom is -0.343 e. The molecule has 180 valence electrons. The predicted octanol–water partition coefficient (Wildman–Crippen LogP) is 6.13. The van der Waals surface area contributed by atoms with Crippen LogP contribution in [0.25, 0.3) is 0 Å². The Bertz CT molecular complexity index is 1370. The molecule has 0 radical (unpaired) electrons. The van der Waals surface area contributed by atoms with Crippen LogP contribution < -0.4 is 10.6 Å². The molecule has 35 heavy (non-hydrogen) atoms. The van der Waals surface area contributed by atoms with Gasteiger partial charge < -0.3 is 10.6 Å². The Morgan fingerprint density at radius 2 is 1.86 bits per heavy atom. The number of aryl methyl sites for hydroxylation is 2. The van der Waals surface area contributed by atoms with Crippen molar-refractivity contribution in [2.24, 2.45) is 5.41 Å². The van der Waals surface area contributed by atoms with Crippen molar-refractivity contribution in [1.82, 2.24) is 9.78 Å². The van der Waals surface area contributed by atoms with Gasteiger partial charge in [0.15, 0.2) is 5.78 Å². The molecule has 1 aliphatic carbocycles. The van der Waals surface area contributed by atoms with E-state index < -0.39 is 0 Å². The summed E-state index contributed by atoms with van der Waals surface area (Å²) in [7, 11) is 0. The molecule has 0 unspecified atom stereocenters. The van der Waals surface area contributed by atoms with Crippen LogP contribution in [0.2, 0.25) is 0 Å². The number of ketones is 1. The molecule has 1 aromatic heterocycles. The minimum absolute atomic E-state index is 0.130. The van der Waals surface area contributed by atoms with Gasteiger partial charge in [-0.05, 0) is 72.9 Å². The Morgan fingerprint density at radius 3 is 2.54 bits per heavy atom. The molecule has 0 saturated heterocycles. The molecule has 0 bridgehead atoms. The number of rotatable bonds is 4. The lowest BCUT2D eigenvalue weighted by Crippen LogP contribution is -2.37. The monoisotopic (exact) mass is 486 g/mol. The summed E-state index contributed by atoms with van der Waals surface area (Å²) in [6.07, 6.45) is 4.86. The number of fused-ring (bicyclic) bond motifs is 1. The number of anilines is 2. The van der Waals surface area contributed by atoms with Gasteiger partial charge in [0, 0.05) is 28.3 Å². The van der Waals surface area contributed by atoms with Crippen molar-refractivity contribution >= 4 is 35.0 Å². The van der Waals surface area contributed by atoms with E-state index in [0.717, 1.165) is 39.4 Å². The van der Waals surface area contributed by atoms with Gasteiger partial charge in [0.05, 0.1) is 6.20 Å². The zero-order chi connectivity index (χ0) is 24.9. The number of thioether (sulfide) groups is 1. The lowest BCUT2D eigenvalue weighted by Gasteiger charge is -2.39. The lowest BCUT2D eigenvalue weighted by atomic mass is 9.73. The Morgan fingerprint density at radius 1 is 1.11 bits per heavy atom. The van der Waals surface area contributed by atoms with Crippen molar-refractivity contribution in [2.45, 2.75) is 51.5 Å². The summed E-state index contributed by atoms with van der Waals surface area (Å²) in [5.74, 6) is 0.517. The summed E-state index contributed by atoms with van der Waals surface area (Å²) in [6, 6.07) is 13.7. The first-order chi connectivity index (χ1) is 16.7. The second kappa shape index (κ2) is 8.72. The maximum absolute atomic E-state index is 13.4. The van der Waals surface area contributed by atoms with Gasteiger partial charge in [0.2, 0.25) is 0 Å². The fourth-order valence-corrected chi connectivity index (χ4v) is 5.40. The fraction of sp³-hybridized carbons (Fsp3) is 0.321. The number of hydrogen-bond acceptors (Lipinski definition) is 5. The number of nitrogens with zero attached hydrogens (tertiary/aromatic N) is 2. The standard InChI is InChI=1S/C28H30N4O2S/c1-16-6-9-19(12-17(16)2)30-27(34)21-15-29-32-25(18-7-10-20(35-5)11-8-18)24-22(31-26(21)32)13-28(3,4)14-23(24)33/h6-12,15,25,31H,13-14H2,1-5H3,(H,30,34)/t25-/m1/s1. The number of hydrogen-bond donors (Lipinski definition) is 2. The fourth-order valence-electron chi connectivity index (χ4n) is 4.99. The third-order valence-corrected chi connectivity index (χ3v) is 7.69. The number of benzene rings is 2. The van der Waals surface area contributed by atoms with E-state index in [2.05, 4.69) is 53.8 Å². The summed E-state index contributed by atoms with van der Waals surface area (Å²) in [5, 5.41) is 11.1. The Kier molecular flexibility index (Phi) is 5.83. The molecule has 7 heteroatoms. The lowest BCUT2D eigenvalue weighted by molar-refractivity contribution is -0.118. The molecular formula is C28H30N4O2S. The number of amides is 1. The number of carbonyl (C=O) groups is 2. The second-order valence-corrected chi connectivity index (χ2v) is 11.1. The van der Waals surface area contributed by atoms with Crippen molar-refractivity contribution in [2.75, 3.05) is 16.9 Å². The maximum Gasteiger partial charge on any atom is 0.261 e. The van der Waals surface area contributed by atoms with Crippen molar-refractivity contribution < 1.29 is 9.59 Å². The largest absolute Gasteiger partial charge is 0.343 e. The third kappa shape index (κ3) is 4.29. The van der Waals surface area contributed by atoms with E-state index >= 15 is 0 Å². The van der Waals surface area contributed by atoms with Gasteiger partial charge in [-0.3, -0.25) is 9.59 Å². The third-order valence-electron chi connectivity index (χ3n) is 6.94. The van der Waals surface area contributed by atoms with Crippen LogP contribution in [0.1, 0.15) is 59.8 Å². The number of nitrogens with one attached hydrogen (secondary N) is 2. The van der Waals surface area contributed by atoms with E-state index in [4.69, 9.17) is 0 Å². The number of carbonyl (C=O) groups excluding carboxylic acids is 2. The molecule has 0 fully saturated rings. The molecule has 2 aliphatic rings. The summed E-state index contributed by atoms with van der Waals surface area (Å²) in [5.41, 5.74) is 5.95. The van der Waals surface area contributed by atoms with Crippen LogP contribution in [0.5, 0.6) is 0 Å². The van der Waals surface area contributed by atoms with Gasteiger partial charge in [-0.1, -0.05) is 32.0 Å². The van der Waals surface area contributed by atoms with E-state index in [1.165, 1.54) is 5.56 Å². The molecule has 3 aromatic rings. The van der Waals surface area contributed by atoms with E-state index in [1.54, 1.807) is 22.6 Å². The first-order valence-corrected chi connectivity index (χ1v) is 13.0. The predicted molar refractivity (Wildman–Crippen MR) is 141 cm³/mol. The Hall–Kier alpha value is -3.32. The Balaban J connectivity index is 1.57. The van der Waals surface area contributed by atoms with E-state index in [9.17, 15) is 9.59 Å². The topological polar surface area (TPSA) is 76.0 Å². The average molecular weight is 487 g/mol. The summed E-state index contributed by atoms with van der Waals surface area (Å²) in [6.45, 7) is 8.29. The highest BCUT2D eigenvalue weighted by Crippen LogP contribution is 2.46. The summed E-state index contributed by atoms with van der Waals surface area (Å²) < 4.78 is 1.79. The molecular weight excluding hydrogens is 456 g/mol. The van der Waals surface area contributed by atoms with Gasteiger partial charge in [-0.25, -0.2) is 4.68 Å². The molecule has 0 saturated carbocycles. The zero-order valence-corrected chi connectivity index (χ0v) is 21.5. The van der Waals surface area contributed by atoms with Gasteiger partial charge in [-0.15, -0.1) is 11.8 Å². The van der Waals surface area contributed by atoms with Gasteiger partial charge in [0.1, 0.15) is 17.4 Å². The number of Topliss-reactive ketones (excluding diaryl/α,β-unsaturated/α-hetero) is 1. The van der Waals surface area contributed by atoms with E-state index in [-0.39, 0.29) is 23.1 Å². The smallest absolute Gasteiger partial charge is 0.261 e. The molecule has 0 spiro atoms. The van der Waals surface area contributed by atoms with E-state index in [1.807, 2.05) is 38.3 Å². The number of aromatic nitrogens is 2. The summed E-state index contributed by atoms with van der Waals surface area (Å²) in [4.78, 5) is 27.9. The van der Waals surface area contributed by atoms with Crippen molar-refractivity contribution in [3.05, 3.63) is 82.2 Å². The highest BCUT2D eigenvalue weighted by atomic mass is 32.2. The minimum atomic E-state index is -0.371. The van der Waals surface area contributed by atoms with E-state index in [0.29, 0.717) is 17.8 Å². The first-order valence-electron chi connectivity index (χ1n) is 11.8. The van der Waals surface area contributed by atoms with Gasteiger partial charge >= 0.3 is 0 Å². The maximum atomic E-state index is 13.4. The molecule has 6 nitrogen and oxygen atoms in total. The highest BCUT2D eigenvalue weighted by molar-refractivity contribution is 7.98. The molecule has 2 heterocycles. The molecule has 1 atom stereocenters. The normalized spacial score (nSPS) is 18.5. The van der Waals surface area contributed by atoms with Crippen LogP contribution in [-0.2, 0) is 4.79 Å². The number of allylic oxidation sites excluding steroid dienone is 2. The first kappa shape index (κ1) is 23.4. The average Bonchev–Trinajstić information content (AvgIpc) is 3.23. The van der Waals surface area contributed by atoms with Gasteiger partial charge in [-0.2, -0.15) is 5.10 Å².